The van der Waals surface area contributed by atoms with Crippen molar-refractivity contribution in [3.05, 3.63) is 40.7 Å². The summed E-state index contributed by atoms with van der Waals surface area (Å²) in [4.78, 5) is 12.2. The molecule has 0 atom stereocenters. The van der Waals surface area contributed by atoms with E-state index in [0.29, 0.717) is 27.8 Å². The van der Waals surface area contributed by atoms with Crippen LogP contribution in [-0.4, -0.2) is 22.8 Å². The highest BCUT2D eigenvalue weighted by molar-refractivity contribution is 6.34. The molecule has 6 heteroatoms. The second-order valence-electron chi connectivity index (χ2n) is 4.06. The van der Waals surface area contributed by atoms with Crippen molar-refractivity contribution in [2.45, 2.75) is 6.92 Å². The van der Waals surface area contributed by atoms with Crippen LogP contribution in [-0.2, 0) is 7.05 Å². The molecule has 0 unspecified atom stereocenters. The van der Waals surface area contributed by atoms with E-state index in [-0.39, 0.29) is 5.91 Å². The summed E-state index contributed by atoms with van der Waals surface area (Å²) in [5.41, 5.74) is 1.60. The fourth-order valence-corrected chi connectivity index (χ4v) is 2.02. The number of hydrogen-bond donors (Lipinski definition) is 1. The molecule has 100 valence electrons. The number of nitrogens with one attached hydrogen (secondary N) is 1. The largest absolute Gasteiger partial charge is 0.497 e. The number of aryl methyl sites for hydroxylation is 2. The van der Waals surface area contributed by atoms with Crippen LogP contribution in [0.25, 0.3) is 0 Å². The van der Waals surface area contributed by atoms with Gasteiger partial charge in [-0.05, 0) is 19.1 Å². The summed E-state index contributed by atoms with van der Waals surface area (Å²) in [6, 6.07) is 7.11. The SMILES string of the molecule is COc1cccc(NC(=O)c2c(Cl)c(C)nn2C)c1. The quantitative estimate of drug-likeness (QED) is 0.940. The van der Waals surface area contributed by atoms with Gasteiger partial charge in [0.05, 0.1) is 17.8 Å². The molecule has 0 aliphatic heterocycles. The van der Waals surface area contributed by atoms with Crippen molar-refractivity contribution >= 4 is 23.2 Å². The Bertz CT molecular complexity index is 622. The minimum Gasteiger partial charge on any atom is -0.497 e. The summed E-state index contributed by atoms with van der Waals surface area (Å²) in [5.74, 6) is 0.367. The van der Waals surface area contributed by atoms with Crippen molar-refractivity contribution in [2.24, 2.45) is 7.05 Å². The van der Waals surface area contributed by atoms with Gasteiger partial charge in [-0.3, -0.25) is 9.48 Å². The third-order valence-corrected chi connectivity index (χ3v) is 3.14. The van der Waals surface area contributed by atoms with Gasteiger partial charge < -0.3 is 10.1 Å². The van der Waals surface area contributed by atoms with E-state index in [2.05, 4.69) is 10.4 Å². The van der Waals surface area contributed by atoms with Gasteiger partial charge in [-0.2, -0.15) is 5.10 Å². The summed E-state index contributed by atoms with van der Waals surface area (Å²) in [5, 5.41) is 7.23. The number of carbonyl (C=O) groups is 1. The molecule has 1 amide bonds. The number of aromatic nitrogens is 2. The molecular formula is C13H14ClN3O2. The fraction of sp³-hybridized carbons (Fsp3) is 0.231. The molecule has 1 aromatic carbocycles. The maximum Gasteiger partial charge on any atom is 0.275 e. The smallest absolute Gasteiger partial charge is 0.275 e. The molecule has 1 aromatic heterocycles. The van der Waals surface area contributed by atoms with E-state index in [1.807, 2.05) is 0 Å². The molecule has 2 rings (SSSR count). The Morgan fingerprint density at radius 2 is 2.21 bits per heavy atom. The minimum absolute atomic E-state index is 0.304. The number of anilines is 1. The third-order valence-electron chi connectivity index (χ3n) is 2.69. The van der Waals surface area contributed by atoms with Crippen LogP contribution in [0, 0.1) is 6.92 Å². The van der Waals surface area contributed by atoms with Crippen LogP contribution in [0.15, 0.2) is 24.3 Å². The van der Waals surface area contributed by atoms with Crippen molar-refractivity contribution in [1.29, 1.82) is 0 Å². The van der Waals surface area contributed by atoms with Gasteiger partial charge in [0.15, 0.2) is 0 Å². The molecule has 2 aromatic rings. The first kappa shape index (κ1) is 13.4. The fourth-order valence-electron chi connectivity index (χ4n) is 1.77. The Morgan fingerprint density at radius 3 is 2.79 bits per heavy atom. The van der Waals surface area contributed by atoms with E-state index in [0.717, 1.165) is 0 Å². The molecule has 0 radical (unpaired) electrons. The first-order valence-electron chi connectivity index (χ1n) is 5.67. The molecule has 19 heavy (non-hydrogen) atoms. The molecule has 0 aliphatic carbocycles. The standard InChI is InChI=1S/C13H14ClN3O2/c1-8-11(14)12(17(2)16-8)13(18)15-9-5-4-6-10(7-9)19-3/h4-7H,1-3H3,(H,15,18). The van der Waals surface area contributed by atoms with Crippen molar-refractivity contribution in [3.8, 4) is 5.75 Å². The van der Waals surface area contributed by atoms with E-state index in [1.165, 1.54) is 4.68 Å². The highest BCUT2D eigenvalue weighted by Crippen LogP contribution is 2.22. The predicted molar refractivity (Wildman–Crippen MR) is 73.9 cm³/mol. The Balaban J connectivity index is 2.25. The number of nitrogens with zero attached hydrogens (tertiary/aromatic N) is 2. The number of methoxy groups -OCH3 is 1. The first-order valence-corrected chi connectivity index (χ1v) is 6.05. The van der Waals surface area contributed by atoms with Crippen LogP contribution in [0.1, 0.15) is 16.2 Å². The molecule has 0 aliphatic rings. The van der Waals surface area contributed by atoms with Gasteiger partial charge in [0.1, 0.15) is 11.4 Å². The van der Waals surface area contributed by atoms with Gasteiger partial charge in [0, 0.05) is 18.8 Å². The topological polar surface area (TPSA) is 56.1 Å². The second-order valence-corrected chi connectivity index (χ2v) is 4.44. The van der Waals surface area contributed by atoms with Gasteiger partial charge in [-0.1, -0.05) is 17.7 Å². The van der Waals surface area contributed by atoms with E-state index < -0.39 is 0 Å². The lowest BCUT2D eigenvalue weighted by molar-refractivity contribution is 0.101. The van der Waals surface area contributed by atoms with Crippen molar-refractivity contribution in [3.63, 3.8) is 0 Å². The number of hydrogen-bond acceptors (Lipinski definition) is 3. The highest BCUT2D eigenvalue weighted by atomic mass is 35.5. The zero-order valence-corrected chi connectivity index (χ0v) is 11.7. The van der Waals surface area contributed by atoms with Gasteiger partial charge in [0.2, 0.25) is 0 Å². The molecule has 1 N–H and O–H groups in total. The third kappa shape index (κ3) is 2.71. The monoisotopic (exact) mass is 279 g/mol. The zero-order chi connectivity index (χ0) is 14.0. The average molecular weight is 280 g/mol. The van der Waals surface area contributed by atoms with Crippen LogP contribution < -0.4 is 10.1 Å². The number of carbonyl (C=O) groups excluding carboxylic acids is 1. The van der Waals surface area contributed by atoms with E-state index in [9.17, 15) is 4.79 Å². The summed E-state index contributed by atoms with van der Waals surface area (Å²) >= 11 is 6.06. The lowest BCUT2D eigenvalue weighted by Gasteiger charge is -2.07. The highest BCUT2D eigenvalue weighted by Gasteiger charge is 2.18. The molecular weight excluding hydrogens is 266 g/mol. The molecule has 1 heterocycles. The molecule has 0 saturated heterocycles. The van der Waals surface area contributed by atoms with Gasteiger partial charge in [-0.15, -0.1) is 0 Å². The molecule has 0 spiro atoms. The number of ether oxygens (including phenoxy) is 1. The first-order chi connectivity index (χ1) is 9.02. The Kier molecular flexibility index (Phi) is 3.76. The predicted octanol–water partition coefficient (Wildman–Crippen LogP) is 2.64. The molecule has 0 fully saturated rings. The normalized spacial score (nSPS) is 10.3. The Morgan fingerprint density at radius 1 is 1.47 bits per heavy atom. The average Bonchev–Trinajstić information content (AvgIpc) is 2.63. The Labute approximate surface area is 116 Å². The molecule has 0 bridgehead atoms. The number of rotatable bonds is 3. The zero-order valence-electron chi connectivity index (χ0n) is 10.9. The maximum absolute atomic E-state index is 12.2. The summed E-state index contributed by atoms with van der Waals surface area (Å²) in [6.07, 6.45) is 0. The number of amides is 1. The lowest BCUT2D eigenvalue weighted by Crippen LogP contribution is -2.16. The van der Waals surface area contributed by atoms with E-state index in [1.54, 1.807) is 45.3 Å². The van der Waals surface area contributed by atoms with Crippen LogP contribution >= 0.6 is 11.6 Å². The molecule has 0 saturated carbocycles. The van der Waals surface area contributed by atoms with Crippen LogP contribution in [0.3, 0.4) is 0 Å². The van der Waals surface area contributed by atoms with Crippen LogP contribution in [0.4, 0.5) is 5.69 Å². The summed E-state index contributed by atoms with van der Waals surface area (Å²) in [6.45, 7) is 1.75. The van der Waals surface area contributed by atoms with Crippen molar-refractivity contribution in [1.82, 2.24) is 9.78 Å². The van der Waals surface area contributed by atoms with Crippen molar-refractivity contribution in [2.75, 3.05) is 12.4 Å². The number of halogens is 1. The summed E-state index contributed by atoms with van der Waals surface area (Å²) < 4.78 is 6.56. The number of benzene rings is 1. The van der Waals surface area contributed by atoms with Gasteiger partial charge in [-0.25, -0.2) is 0 Å². The van der Waals surface area contributed by atoms with Crippen molar-refractivity contribution < 1.29 is 9.53 Å². The Hall–Kier alpha value is -2.01. The maximum atomic E-state index is 12.2. The van der Waals surface area contributed by atoms with Gasteiger partial charge in [0.25, 0.3) is 5.91 Å². The van der Waals surface area contributed by atoms with Gasteiger partial charge >= 0.3 is 0 Å². The second kappa shape index (κ2) is 5.32. The van der Waals surface area contributed by atoms with E-state index >= 15 is 0 Å². The van der Waals surface area contributed by atoms with Crippen LogP contribution in [0.2, 0.25) is 5.02 Å². The molecule has 5 nitrogen and oxygen atoms in total. The minimum atomic E-state index is -0.304. The lowest BCUT2D eigenvalue weighted by atomic mass is 10.3. The summed E-state index contributed by atoms with van der Waals surface area (Å²) in [7, 11) is 3.25. The van der Waals surface area contributed by atoms with E-state index in [4.69, 9.17) is 16.3 Å². The van der Waals surface area contributed by atoms with Crippen LogP contribution in [0.5, 0.6) is 5.75 Å².